The van der Waals surface area contributed by atoms with Crippen molar-refractivity contribution in [2.45, 2.75) is 32.0 Å². The Morgan fingerprint density at radius 3 is 2.39 bits per heavy atom. The molecule has 3 aromatic rings. The summed E-state index contributed by atoms with van der Waals surface area (Å²) in [5.41, 5.74) is 1.49. The van der Waals surface area contributed by atoms with Crippen molar-refractivity contribution in [1.29, 1.82) is 0 Å². The quantitative estimate of drug-likeness (QED) is 0.221. The molecule has 8 heteroatoms. The first-order valence-electron chi connectivity index (χ1n) is 12.4. The standard InChI is InChI=1S/C30H30I2N2O4/c1-21(6-5-9-28(36)33(16-17-35)19-22-7-3-2-4-8-22)30(38)26-18-25(32)14-15-27(26)34(29(30)37)20-23-10-12-24(31)13-11-23/h2-8,10-15,18,21,35,38H,9,16-17,19-20H2,1H3/b6-5+/t21-,30+/m1/s1. The number of aliphatic hydroxyl groups is 2. The molecule has 0 bridgehead atoms. The van der Waals surface area contributed by atoms with Gasteiger partial charge in [0.1, 0.15) is 0 Å². The topological polar surface area (TPSA) is 81.1 Å². The number of halogens is 2. The van der Waals surface area contributed by atoms with Gasteiger partial charge in [-0.3, -0.25) is 9.59 Å². The zero-order valence-corrected chi connectivity index (χ0v) is 25.4. The fraction of sp³-hybridized carbons (Fsp3) is 0.267. The zero-order chi connectivity index (χ0) is 27.3. The number of amides is 2. The lowest BCUT2D eigenvalue weighted by molar-refractivity contribution is -0.139. The Hall–Kier alpha value is -2.28. The Labute approximate surface area is 250 Å². The van der Waals surface area contributed by atoms with Crippen molar-refractivity contribution >= 4 is 62.7 Å². The van der Waals surface area contributed by atoms with Crippen LogP contribution >= 0.6 is 45.2 Å². The minimum absolute atomic E-state index is 0.104. The second-order valence-electron chi connectivity index (χ2n) is 9.39. The molecule has 0 fully saturated rings. The molecule has 0 aromatic heterocycles. The molecule has 1 heterocycles. The molecule has 0 saturated carbocycles. The average molecular weight is 736 g/mol. The molecule has 2 N–H and O–H groups in total. The summed E-state index contributed by atoms with van der Waals surface area (Å²) in [6.07, 6.45) is 3.56. The molecule has 2 amide bonds. The van der Waals surface area contributed by atoms with Crippen LogP contribution < -0.4 is 4.90 Å². The Balaban J connectivity index is 1.52. The van der Waals surface area contributed by atoms with E-state index in [1.807, 2.05) is 72.8 Å². The molecule has 0 saturated heterocycles. The SMILES string of the molecule is C[C@H](/C=C/CC(=O)N(CCO)Cc1ccccc1)[C@@]1(O)C(=O)N(Cc2ccc(I)cc2)c2ccc(I)cc21. The number of carbonyl (C=O) groups is 2. The first kappa shape index (κ1) is 28.7. The number of carbonyl (C=O) groups excluding carboxylic acids is 2. The number of rotatable bonds is 10. The number of hydrogen-bond acceptors (Lipinski definition) is 4. The second-order valence-corrected chi connectivity index (χ2v) is 11.9. The third kappa shape index (κ3) is 6.30. The van der Waals surface area contributed by atoms with Gasteiger partial charge in [0.25, 0.3) is 5.91 Å². The largest absolute Gasteiger partial charge is 0.395 e. The third-order valence-electron chi connectivity index (χ3n) is 6.80. The molecule has 4 rings (SSSR count). The summed E-state index contributed by atoms with van der Waals surface area (Å²) in [6, 6.07) is 23.3. The highest BCUT2D eigenvalue weighted by Crippen LogP contribution is 2.46. The van der Waals surface area contributed by atoms with E-state index in [0.717, 1.165) is 18.3 Å². The lowest BCUT2D eigenvalue weighted by Gasteiger charge is -2.28. The van der Waals surface area contributed by atoms with Crippen LogP contribution in [0.25, 0.3) is 0 Å². The van der Waals surface area contributed by atoms with Gasteiger partial charge in [-0.2, -0.15) is 0 Å². The summed E-state index contributed by atoms with van der Waals surface area (Å²) in [6.45, 7) is 2.67. The van der Waals surface area contributed by atoms with E-state index in [4.69, 9.17) is 0 Å². The average Bonchev–Trinajstić information content (AvgIpc) is 3.12. The van der Waals surface area contributed by atoms with Crippen LogP contribution in [0.2, 0.25) is 0 Å². The van der Waals surface area contributed by atoms with E-state index in [9.17, 15) is 19.8 Å². The Morgan fingerprint density at radius 1 is 1.03 bits per heavy atom. The van der Waals surface area contributed by atoms with E-state index >= 15 is 0 Å². The molecule has 3 aromatic carbocycles. The van der Waals surface area contributed by atoms with Gasteiger partial charge in [-0.1, -0.05) is 61.5 Å². The van der Waals surface area contributed by atoms with Gasteiger partial charge in [0.2, 0.25) is 5.91 Å². The molecule has 1 aliphatic heterocycles. The van der Waals surface area contributed by atoms with Crippen LogP contribution in [0.1, 0.15) is 30.0 Å². The van der Waals surface area contributed by atoms with Crippen molar-refractivity contribution in [2.75, 3.05) is 18.1 Å². The van der Waals surface area contributed by atoms with E-state index in [1.54, 1.807) is 28.9 Å². The highest BCUT2D eigenvalue weighted by molar-refractivity contribution is 14.1. The van der Waals surface area contributed by atoms with Crippen LogP contribution in [0.3, 0.4) is 0 Å². The number of fused-ring (bicyclic) bond motifs is 1. The third-order valence-corrected chi connectivity index (χ3v) is 8.19. The summed E-state index contributed by atoms with van der Waals surface area (Å²) >= 11 is 4.43. The van der Waals surface area contributed by atoms with E-state index in [-0.39, 0.29) is 31.4 Å². The van der Waals surface area contributed by atoms with Crippen molar-refractivity contribution in [2.24, 2.45) is 5.92 Å². The number of hydrogen-bond donors (Lipinski definition) is 2. The monoisotopic (exact) mass is 736 g/mol. The van der Waals surface area contributed by atoms with E-state index in [2.05, 4.69) is 45.2 Å². The van der Waals surface area contributed by atoms with Crippen LogP contribution in [0.15, 0.2) is 84.9 Å². The van der Waals surface area contributed by atoms with Crippen LogP contribution in [-0.2, 0) is 28.3 Å². The van der Waals surface area contributed by atoms with Crippen molar-refractivity contribution < 1.29 is 19.8 Å². The van der Waals surface area contributed by atoms with Gasteiger partial charge in [-0.15, -0.1) is 0 Å². The van der Waals surface area contributed by atoms with Crippen LogP contribution in [0.4, 0.5) is 5.69 Å². The van der Waals surface area contributed by atoms with Crippen molar-refractivity contribution in [1.82, 2.24) is 4.90 Å². The number of nitrogens with zero attached hydrogens (tertiary/aromatic N) is 2. The van der Waals surface area contributed by atoms with Gasteiger partial charge in [0.15, 0.2) is 5.60 Å². The lowest BCUT2D eigenvalue weighted by Crippen LogP contribution is -2.44. The maximum atomic E-state index is 13.7. The smallest absolute Gasteiger partial charge is 0.264 e. The fourth-order valence-electron chi connectivity index (χ4n) is 4.71. The highest BCUT2D eigenvalue weighted by atomic mass is 127. The molecule has 38 heavy (non-hydrogen) atoms. The Kier molecular flexibility index (Phi) is 9.61. The van der Waals surface area contributed by atoms with E-state index < -0.39 is 11.5 Å². The zero-order valence-electron chi connectivity index (χ0n) is 21.1. The summed E-state index contributed by atoms with van der Waals surface area (Å²) < 4.78 is 2.04. The molecule has 0 radical (unpaired) electrons. The molecule has 0 unspecified atom stereocenters. The lowest BCUT2D eigenvalue weighted by atomic mass is 9.83. The van der Waals surface area contributed by atoms with E-state index in [1.165, 1.54) is 0 Å². The van der Waals surface area contributed by atoms with Gasteiger partial charge in [0.05, 0.1) is 18.8 Å². The number of benzene rings is 3. The molecule has 2 atom stereocenters. The molecular formula is C30H30I2N2O4. The van der Waals surface area contributed by atoms with E-state index in [0.29, 0.717) is 24.3 Å². The fourth-order valence-corrected chi connectivity index (χ4v) is 5.56. The van der Waals surface area contributed by atoms with Gasteiger partial charge >= 0.3 is 0 Å². The minimum atomic E-state index is -1.74. The summed E-state index contributed by atoms with van der Waals surface area (Å²) in [5.74, 6) is -1.07. The van der Waals surface area contributed by atoms with Crippen molar-refractivity contribution in [3.63, 3.8) is 0 Å². The van der Waals surface area contributed by atoms with Gasteiger partial charge < -0.3 is 20.0 Å². The summed E-state index contributed by atoms with van der Waals surface area (Å²) in [5, 5.41) is 21.3. The molecule has 0 aliphatic carbocycles. The molecule has 6 nitrogen and oxygen atoms in total. The van der Waals surface area contributed by atoms with Crippen molar-refractivity contribution in [3.8, 4) is 0 Å². The maximum absolute atomic E-state index is 13.7. The number of aliphatic hydroxyl groups excluding tert-OH is 1. The highest BCUT2D eigenvalue weighted by Gasteiger charge is 2.52. The summed E-state index contributed by atoms with van der Waals surface area (Å²) in [4.78, 5) is 29.9. The maximum Gasteiger partial charge on any atom is 0.264 e. The van der Waals surface area contributed by atoms with Crippen LogP contribution in [0.5, 0.6) is 0 Å². The van der Waals surface area contributed by atoms with Crippen LogP contribution in [-0.4, -0.2) is 40.1 Å². The first-order valence-corrected chi connectivity index (χ1v) is 14.6. The minimum Gasteiger partial charge on any atom is -0.395 e. The summed E-state index contributed by atoms with van der Waals surface area (Å²) in [7, 11) is 0. The number of anilines is 1. The molecular weight excluding hydrogens is 706 g/mol. The molecule has 198 valence electrons. The molecule has 0 spiro atoms. The van der Waals surface area contributed by atoms with Crippen LogP contribution in [0, 0.1) is 13.1 Å². The van der Waals surface area contributed by atoms with Gasteiger partial charge in [-0.25, -0.2) is 0 Å². The Morgan fingerprint density at radius 2 is 1.71 bits per heavy atom. The first-order chi connectivity index (χ1) is 18.2. The second kappa shape index (κ2) is 12.7. The van der Waals surface area contributed by atoms with Gasteiger partial charge in [0, 0.05) is 38.1 Å². The van der Waals surface area contributed by atoms with Crippen molar-refractivity contribution in [3.05, 3.63) is 109 Å². The normalized spacial score (nSPS) is 17.6. The predicted octanol–water partition coefficient (Wildman–Crippen LogP) is 5.23. The van der Waals surface area contributed by atoms with Gasteiger partial charge in [-0.05, 0) is 86.6 Å². The molecule has 1 aliphatic rings. The Bertz CT molecular complexity index is 1310. The predicted molar refractivity (Wildman–Crippen MR) is 165 cm³/mol.